The van der Waals surface area contributed by atoms with E-state index in [1.165, 1.54) is 0 Å². The second-order valence-electron chi connectivity index (χ2n) is 4.42. The van der Waals surface area contributed by atoms with Crippen LogP contribution in [0.2, 0.25) is 5.02 Å². The van der Waals surface area contributed by atoms with Crippen LogP contribution in [0, 0.1) is 5.92 Å². The Morgan fingerprint density at radius 2 is 2.20 bits per heavy atom. The molecule has 110 valence electrons. The predicted molar refractivity (Wildman–Crippen MR) is 76.0 cm³/mol. The molecular formula is C14H18ClNO4. The Balaban J connectivity index is 2.31. The molecule has 6 heteroatoms. The first kappa shape index (κ1) is 16.3. The number of hydrogen-bond donors (Lipinski definition) is 2. The standard InChI is InChI=1S/C14H18ClNO4/c1-2-10(6-14(18)19)8-16-13(17)9-20-12-5-3-4-11(15)7-12/h3-5,7,10H,2,6,8-9H2,1H3,(H,16,17)(H,18,19). The van der Waals surface area contributed by atoms with Crippen LogP contribution >= 0.6 is 11.6 Å². The van der Waals surface area contributed by atoms with Gasteiger partial charge in [0.1, 0.15) is 5.75 Å². The van der Waals surface area contributed by atoms with Gasteiger partial charge in [0, 0.05) is 18.0 Å². The number of carboxylic acids is 1. The van der Waals surface area contributed by atoms with E-state index in [9.17, 15) is 9.59 Å². The highest BCUT2D eigenvalue weighted by molar-refractivity contribution is 6.30. The lowest BCUT2D eigenvalue weighted by Crippen LogP contribution is -2.33. The molecule has 0 aliphatic heterocycles. The van der Waals surface area contributed by atoms with Gasteiger partial charge in [-0.2, -0.15) is 0 Å². The Kier molecular flexibility index (Phi) is 6.87. The van der Waals surface area contributed by atoms with Gasteiger partial charge in [-0.3, -0.25) is 9.59 Å². The maximum absolute atomic E-state index is 11.6. The molecule has 2 N–H and O–H groups in total. The van der Waals surface area contributed by atoms with E-state index < -0.39 is 5.97 Å². The molecule has 0 fully saturated rings. The van der Waals surface area contributed by atoms with Gasteiger partial charge in [0.15, 0.2) is 6.61 Å². The van der Waals surface area contributed by atoms with Crippen molar-refractivity contribution in [3.8, 4) is 5.75 Å². The summed E-state index contributed by atoms with van der Waals surface area (Å²) in [6.45, 7) is 2.10. The van der Waals surface area contributed by atoms with Crippen LogP contribution in [0.4, 0.5) is 0 Å². The van der Waals surface area contributed by atoms with Crippen molar-refractivity contribution in [3.63, 3.8) is 0 Å². The largest absolute Gasteiger partial charge is 0.484 e. The van der Waals surface area contributed by atoms with Crippen molar-refractivity contribution in [2.24, 2.45) is 5.92 Å². The molecule has 1 atom stereocenters. The van der Waals surface area contributed by atoms with Crippen LogP contribution in [0.25, 0.3) is 0 Å². The molecule has 5 nitrogen and oxygen atoms in total. The number of benzene rings is 1. The topological polar surface area (TPSA) is 75.6 Å². The van der Waals surface area contributed by atoms with Crippen LogP contribution in [-0.4, -0.2) is 30.1 Å². The van der Waals surface area contributed by atoms with Crippen LogP contribution in [0.5, 0.6) is 5.75 Å². The summed E-state index contributed by atoms with van der Waals surface area (Å²) in [4.78, 5) is 22.2. The van der Waals surface area contributed by atoms with Gasteiger partial charge in [-0.15, -0.1) is 0 Å². The van der Waals surface area contributed by atoms with Gasteiger partial charge in [-0.1, -0.05) is 31.0 Å². The van der Waals surface area contributed by atoms with Crippen LogP contribution in [-0.2, 0) is 9.59 Å². The van der Waals surface area contributed by atoms with Crippen LogP contribution in [0.1, 0.15) is 19.8 Å². The van der Waals surface area contributed by atoms with Gasteiger partial charge in [0.05, 0.1) is 0 Å². The number of carboxylic acid groups (broad SMARTS) is 1. The Labute approximate surface area is 122 Å². The van der Waals surface area contributed by atoms with Crippen molar-refractivity contribution in [2.45, 2.75) is 19.8 Å². The molecule has 0 heterocycles. The van der Waals surface area contributed by atoms with Gasteiger partial charge < -0.3 is 15.2 Å². The number of carbonyl (C=O) groups excluding carboxylic acids is 1. The van der Waals surface area contributed by atoms with E-state index in [2.05, 4.69) is 5.32 Å². The number of halogens is 1. The summed E-state index contributed by atoms with van der Waals surface area (Å²) in [5.41, 5.74) is 0. The summed E-state index contributed by atoms with van der Waals surface area (Å²) < 4.78 is 5.28. The monoisotopic (exact) mass is 299 g/mol. The van der Waals surface area contributed by atoms with E-state index in [0.29, 0.717) is 23.7 Å². The zero-order valence-electron chi connectivity index (χ0n) is 11.3. The highest BCUT2D eigenvalue weighted by Gasteiger charge is 2.12. The maximum atomic E-state index is 11.6. The van der Waals surface area contributed by atoms with Crippen molar-refractivity contribution in [2.75, 3.05) is 13.2 Å². The van der Waals surface area contributed by atoms with Crippen molar-refractivity contribution in [3.05, 3.63) is 29.3 Å². The number of rotatable bonds is 8. The third-order valence-corrected chi connectivity index (χ3v) is 3.03. The zero-order chi connectivity index (χ0) is 15.0. The normalized spacial score (nSPS) is 11.7. The molecule has 0 aliphatic rings. The molecule has 0 saturated heterocycles. The van der Waals surface area contributed by atoms with Crippen LogP contribution < -0.4 is 10.1 Å². The molecule has 0 saturated carbocycles. The first-order chi connectivity index (χ1) is 9.51. The predicted octanol–water partition coefficient (Wildman–Crippen LogP) is 2.34. The minimum atomic E-state index is -0.860. The zero-order valence-corrected chi connectivity index (χ0v) is 12.0. The van der Waals surface area contributed by atoms with E-state index in [1.807, 2.05) is 6.92 Å². The van der Waals surface area contributed by atoms with Gasteiger partial charge >= 0.3 is 5.97 Å². The van der Waals surface area contributed by atoms with E-state index in [-0.39, 0.29) is 24.9 Å². The third-order valence-electron chi connectivity index (χ3n) is 2.79. The Morgan fingerprint density at radius 1 is 1.45 bits per heavy atom. The fourth-order valence-corrected chi connectivity index (χ4v) is 1.80. The maximum Gasteiger partial charge on any atom is 0.303 e. The highest BCUT2D eigenvalue weighted by atomic mass is 35.5. The summed E-state index contributed by atoms with van der Waals surface area (Å²) in [5.74, 6) is -0.692. The Morgan fingerprint density at radius 3 is 2.80 bits per heavy atom. The Bertz CT molecular complexity index is 464. The number of aliphatic carboxylic acids is 1. The van der Waals surface area contributed by atoms with Crippen LogP contribution in [0.15, 0.2) is 24.3 Å². The quantitative estimate of drug-likeness (QED) is 0.772. The minimum absolute atomic E-state index is 0.0475. The summed E-state index contributed by atoms with van der Waals surface area (Å²) in [7, 11) is 0. The van der Waals surface area contributed by atoms with E-state index >= 15 is 0 Å². The Hall–Kier alpha value is -1.75. The number of amides is 1. The van der Waals surface area contributed by atoms with Crippen LogP contribution in [0.3, 0.4) is 0 Å². The second-order valence-corrected chi connectivity index (χ2v) is 4.86. The third kappa shape index (κ3) is 6.43. The summed E-state index contributed by atoms with van der Waals surface area (Å²) in [5, 5.41) is 11.9. The average molecular weight is 300 g/mol. The lowest BCUT2D eigenvalue weighted by molar-refractivity contribution is -0.138. The van der Waals surface area contributed by atoms with Gasteiger partial charge in [0.25, 0.3) is 5.91 Å². The first-order valence-corrected chi connectivity index (χ1v) is 6.76. The van der Waals surface area contributed by atoms with E-state index in [0.717, 1.165) is 0 Å². The van der Waals surface area contributed by atoms with Gasteiger partial charge in [0.2, 0.25) is 0 Å². The molecule has 1 unspecified atom stereocenters. The van der Waals surface area contributed by atoms with Gasteiger partial charge in [-0.25, -0.2) is 0 Å². The molecule has 0 aromatic heterocycles. The van der Waals surface area contributed by atoms with E-state index in [4.69, 9.17) is 21.4 Å². The first-order valence-electron chi connectivity index (χ1n) is 6.38. The summed E-state index contributed by atoms with van der Waals surface area (Å²) >= 11 is 5.79. The van der Waals surface area contributed by atoms with Crippen molar-refractivity contribution >= 4 is 23.5 Å². The molecule has 0 aliphatic carbocycles. The molecule has 1 aromatic rings. The average Bonchev–Trinajstić information content (AvgIpc) is 2.40. The van der Waals surface area contributed by atoms with Crippen molar-refractivity contribution in [1.82, 2.24) is 5.32 Å². The second kappa shape index (κ2) is 8.43. The molecule has 20 heavy (non-hydrogen) atoms. The molecule has 0 radical (unpaired) electrons. The van der Waals surface area contributed by atoms with E-state index in [1.54, 1.807) is 24.3 Å². The number of carbonyl (C=O) groups is 2. The summed E-state index contributed by atoms with van der Waals surface area (Å²) in [6, 6.07) is 6.77. The van der Waals surface area contributed by atoms with Crippen molar-refractivity contribution in [1.29, 1.82) is 0 Å². The lowest BCUT2D eigenvalue weighted by atomic mass is 10.0. The molecule has 0 bridgehead atoms. The molecule has 1 amide bonds. The summed E-state index contributed by atoms with van der Waals surface area (Å²) in [6.07, 6.45) is 0.744. The molecule has 1 aromatic carbocycles. The number of hydrogen-bond acceptors (Lipinski definition) is 3. The fraction of sp³-hybridized carbons (Fsp3) is 0.429. The smallest absolute Gasteiger partial charge is 0.303 e. The lowest BCUT2D eigenvalue weighted by Gasteiger charge is -2.13. The highest BCUT2D eigenvalue weighted by Crippen LogP contribution is 2.16. The fourth-order valence-electron chi connectivity index (χ4n) is 1.62. The molecule has 1 rings (SSSR count). The minimum Gasteiger partial charge on any atom is -0.484 e. The molecule has 0 spiro atoms. The van der Waals surface area contributed by atoms with Gasteiger partial charge in [-0.05, 0) is 24.1 Å². The molecular weight excluding hydrogens is 282 g/mol. The number of ether oxygens (including phenoxy) is 1. The van der Waals surface area contributed by atoms with Crippen molar-refractivity contribution < 1.29 is 19.4 Å². The SMILES string of the molecule is CCC(CNC(=O)COc1cccc(Cl)c1)CC(=O)O. The number of nitrogens with one attached hydrogen (secondary N) is 1.